The van der Waals surface area contributed by atoms with Crippen LogP contribution < -0.4 is 0 Å². The number of aliphatic hydroxyl groups is 6. The highest BCUT2D eigenvalue weighted by atomic mass is 16.7. The second-order valence-corrected chi connectivity index (χ2v) is 17.2. The Kier molecular flexibility index (Phi) is 9.10. The Labute approximate surface area is 272 Å². The summed E-state index contributed by atoms with van der Waals surface area (Å²) >= 11 is 0. The molecule has 0 amide bonds. The van der Waals surface area contributed by atoms with Crippen molar-refractivity contribution in [1.82, 2.24) is 0 Å². The largest absolute Gasteiger partial charge is 0.432 e. The Morgan fingerprint density at radius 3 is 2.33 bits per heavy atom. The minimum Gasteiger partial charge on any atom is -0.432 e. The standard InChI is InChI=1S/C36H56O10/c1-31(2,19-38)12-14-36(30(44)46-29-27(42)26(41)25(40)22(18-37)45-29)15-13-34(6)20(16-36)8-9-24-33(5)17-21(39)28(43)32(3,4)23(33)10-11-35(24,34)7/h8-9,16,19,21-29,37,39-43H,10-15,17-18H2,1-7H3/t21-,22-,23?,24?,25-,26+,27-,28+,29+,33+,34-,35-,36+/m1/s1. The van der Waals surface area contributed by atoms with E-state index in [-0.39, 0.29) is 28.1 Å². The normalized spacial score (nSPS) is 48.4. The van der Waals surface area contributed by atoms with Crippen molar-refractivity contribution in [2.75, 3.05) is 6.61 Å². The fourth-order valence-corrected chi connectivity index (χ4v) is 10.3. The van der Waals surface area contributed by atoms with Gasteiger partial charge in [-0.05, 0) is 84.0 Å². The minimum absolute atomic E-state index is 0.130. The maximum atomic E-state index is 14.2. The van der Waals surface area contributed by atoms with Crippen molar-refractivity contribution < 1.29 is 49.7 Å². The molecule has 13 atom stereocenters. The summed E-state index contributed by atoms with van der Waals surface area (Å²) in [6.07, 6.45) is 1.97. The lowest BCUT2D eigenvalue weighted by molar-refractivity contribution is -0.295. The van der Waals surface area contributed by atoms with Gasteiger partial charge in [-0.2, -0.15) is 0 Å². The first-order chi connectivity index (χ1) is 21.2. The summed E-state index contributed by atoms with van der Waals surface area (Å²) in [5, 5.41) is 62.8. The van der Waals surface area contributed by atoms with E-state index < -0.39 is 71.7 Å². The summed E-state index contributed by atoms with van der Waals surface area (Å²) < 4.78 is 11.3. The highest BCUT2D eigenvalue weighted by molar-refractivity contribution is 5.80. The number of ether oxygens (including phenoxy) is 2. The van der Waals surface area contributed by atoms with Crippen LogP contribution in [0.25, 0.3) is 0 Å². The van der Waals surface area contributed by atoms with Crippen LogP contribution in [0.3, 0.4) is 0 Å². The van der Waals surface area contributed by atoms with E-state index in [4.69, 9.17) is 9.47 Å². The lowest BCUT2D eigenvalue weighted by atomic mass is 9.36. The summed E-state index contributed by atoms with van der Waals surface area (Å²) in [5.41, 5.74) is -2.06. The third-order valence-electron chi connectivity index (χ3n) is 13.7. The second kappa shape index (κ2) is 11.7. The molecule has 1 aliphatic heterocycles. The number of hydrogen-bond acceptors (Lipinski definition) is 10. The molecule has 260 valence electrons. The van der Waals surface area contributed by atoms with E-state index in [0.29, 0.717) is 32.1 Å². The van der Waals surface area contributed by atoms with Crippen molar-refractivity contribution >= 4 is 12.3 Å². The highest BCUT2D eigenvalue weighted by Gasteiger charge is 2.67. The van der Waals surface area contributed by atoms with Gasteiger partial charge in [0.25, 0.3) is 0 Å². The van der Waals surface area contributed by atoms with E-state index in [9.17, 15) is 40.2 Å². The molecule has 5 aliphatic rings. The third kappa shape index (κ3) is 5.26. The van der Waals surface area contributed by atoms with Crippen LogP contribution in [-0.2, 0) is 19.1 Å². The summed E-state index contributed by atoms with van der Waals surface area (Å²) in [4.78, 5) is 26.1. The van der Waals surface area contributed by atoms with Crippen molar-refractivity contribution in [1.29, 1.82) is 0 Å². The van der Waals surface area contributed by atoms with Crippen LogP contribution in [0.15, 0.2) is 23.8 Å². The number of carbonyl (C=O) groups is 2. The van der Waals surface area contributed by atoms with E-state index in [1.165, 1.54) is 0 Å². The molecular formula is C36H56O10. The lowest BCUT2D eigenvalue weighted by Gasteiger charge is -2.69. The first-order valence-corrected chi connectivity index (χ1v) is 17.0. The number of fused-ring (bicyclic) bond motifs is 5. The van der Waals surface area contributed by atoms with E-state index in [1.54, 1.807) is 0 Å². The quantitative estimate of drug-likeness (QED) is 0.178. The fourth-order valence-electron chi connectivity index (χ4n) is 10.3. The molecule has 10 nitrogen and oxygen atoms in total. The van der Waals surface area contributed by atoms with E-state index in [2.05, 4.69) is 46.8 Å². The molecule has 5 rings (SSSR count). The van der Waals surface area contributed by atoms with Crippen molar-refractivity contribution in [3.63, 3.8) is 0 Å². The van der Waals surface area contributed by atoms with E-state index >= 15 is 0 Å². The Bertz CT molecular complexity index is 1260. The molecule has 0 radical (unpaired) electrons. The van der Waals surface area contributed by atoms with Crippen LogP contribution in [0.5, 0.6) is 0 Å². The molecule has 10 heteroatoms. The van der Waals surface area contributed by atoms with Crippen LogP contribution in [0.4, 0.5) is 0 Å². The summed E-state index contributed by atoms with van der Waals surface area (Å²) in [6.45, 7) is 14.0. The molecule has 0 aromatic heterocycles. The number of aliphatic hydroxyl groups excluding tert-OH is 6. The van der Waals surface area contributed by atoms with Gasteiger partial charge in [0.15, 0.2) is 0 Å². The van der Waals surface area contributed by atoms with Crippen LogP contribution in [0, 0.1) is 44.3 Å². The molecule has 1 saturated heterocycles. The van der Waals surface area contributed by atoms with Crippen LogP contribution in [0.1, 0.15) is 93.4 Å². The monoisotopic (exact) mass is 648 g/mol. The number of carbonyl (C=O) groups excluding carboxylic acids is 2. The molecule has 2 saturated carbocycles. The zero-order valence-electron chi connectivity index (χ0n) is 28.5. The molecule has 0 bridgehead atoms. The highest BCUT2D eigenvalue weighted by Crippen LogP contribution is 2.72. The van der Waals surface area contributed by atoms with Crippen LogP contribution in [0.2, 0.25) is 0 Å². The number of aldehydes is 1. The summed E-state index contributed by atoms with van der Waals surface area (Å²) in [6, 6.07) is 0. The van der Waals surface area contributed by atoms with Crippen molar-refractivity contribution in [2.24, 2.45) is 44.3 Å². The van der Waals surface area contributed by atoms with Crippen LogP contribution in [-0.4, -0.2) is 92.4 Å². The third-order valence-corrected chi connectivity index (χ3v) is 13.7. The number of allylic oxidation sites excluding steroid dienone is 3. The lowest BCUT2D eigenvalue weighted by Crippen LogP contribution is -2.65. The number of esters is 1. The van der Waals surface area contributed by atoms with Crippen molar-refractivity contribution in [3.8, 4) is 0 Å². The van der Waals surface area contributed by atoms with Gasteiger partial charge in [-0.15, -0.1) is 0 Å². The van der Waals surface area contributed by atoms with Gasteiger partial charge in [0.05, 0.1) is 24.2 Å². The predicted molar refractivity (Wildman–Crippen MR) is 169 cm³/mol. The average Bonchev–Trinajstić information content (AvgIpc) is 2.99. The van der Waals surface area contributed by atoms with Gasteiger partial charge in [-0.3, -0.25) is 4.79 Å². The maximum absolute atomic E-state index is 14.2. The first-order valence-electron chi connectivity index (χ1n) is 17.0. The Balaban J connectivity index is 1.53. The summed E-state index contributed by atoms with van der Waals surface area (Å²) in [5.74, 6) is -0.308. The van der Waals surface area contributed by atoms with Crippen molar-refractivity contribution in [2.45, 2.75) is 136 Å². The zero-order valence-corrected chi connectivity index (χ0v) is 28.5. The zero-order chi connectivity index (χ0) is 34.3. The molecular weight excluding hydrogens is 592 g/mol. The topological polar surface area (TPSA) is 174 Å². The molecule has 0 aromatic rings. The smallest absolute Gasteiger partial charge is 0.318 e. The van der Waals surface area contributed by atoms with E-state index in [1.807, 2.05) is 19.9 Å². The maximum Gasteiger partial charge on any atom is 0.318 e. The Morgan fingerprint density at radius 2 is 1.70 bits per heavy atom. The summed E-state index contributed by atoms with van der Waals surface area (Å²) in [7, 11) is 0. The number of hydrogen-bond donors (Lipinski definition) is 6. The minimum atomic E-state index is -1.72. The number of rotatable bonds is 7. The van der Waals surface area contributed by atoms with Gasteiger partial charge in [-0.1, -0.05) is 66.7 Å². The molecule has 4 aliphatic carbocycles. The molecule has 0 aromatic carbocycles. The molecule has 0 spiro atoms. The van der Waals surface area contributed by atoms with Gasteiger partial charge >= 0.3 is 5.97 Å². The molecule has 46 heavy (non-hydrogen) atoms. The van der Waals surface area contributed by atoms with Crippen molar-refractivity contribution in [3.05, 3.63) is 23.8 Å². The van der Waals surface area contributed by atoms with Gasteiger partial charge in [0.1, 0.15) is 30.7 Å². The Hall–Kier alpha value is -1.66. The first kappa shape index (κ1) is 35.6. The Morgan fingerprint density at radius 1 is 1.02 bits per heavy atom. The average molecular weight is 649 g/mol. The predicted octanol–water partition coefficient (Wildman–Crippen LogP) is 2.81. The SMILES string of the molecule is CC(C)(C=O)CC[C@@]1(C(=O)O[C@@H]2O[C@H](CO)[C@@H](O)[C@H](O)[C@H]2O)C=C2C=CC3[C@@]4(C)C[C@@H](O)[C@H](O)C(C)(C)C4CC[C@@]3(C)[C@]2(C)CC1. The molecule has 6 N–H and O–H groups in total. The van der Waals surface area contributed by atoms with Gasteiger partial charge < -0.3 is 44.9 Å². The van der Waals surface area contributed by atoms with E-state index in [0.717, 1.165) is 24.7 Å². The molecule has 2 unspecified atom stereocenters. The van der Waals surface area contributed by atoms with Crippen LogP contribution >= 0.6 is 0 Å². The molecule has 1 heterocycles. The van der Waals surface area contributed by atoms with Gasteiger partial charge in [-0.25, -0.2) is 0 Å². The van der Waals surface area contributed by atoms with Gasteiger partial charge in [0, 0.05) is 5.41 Å². The second-order valence-electron chi connectivity index (χ2n) is 17.2. The van der Waals surface area contributed by atoms with Gasteiger partial charge in [0.2, 0.25) is 6.29 Å². The molecule has 3 fully saturated rings. The fraction of sp³-hybridized carbons (Fsp3) is 0.833.